The van der Waals surface area contributed by atoms with Crippen LogP contribution in [-0.4, -0.2) is 56.9 Å². The lowest BCUT2D eigenvalue weighted by Crippen LogP contribution is -2.46. The summed E-state index contributed by atoms with van der Waals surface area (Å²) in [7, 11) is 0. The highest BCUT2D eigenvalue weighted by atomic mass is 32.1. The second-order valence-corrected chi connectivity index (χ2v) is 8.07. The molecule has 0 unspecified atom stereocenters. The summed E-state index contributed by atoms with van der Waals surface area (Å²) in [6, 6.07) is 0. The van der Waals surface area contributed by atoms with Gasteiger partial charge in [0.1, 0.15) is 22.2 Å². The van der Waals surface area contributed by atoms with Gasteiger partial charge in [0.25, 0.3) is 11.5 Å². The predicted molar refractivity (Wildman–Crippen MR) is 108 cm³/mol. The highest BCUT2D eigenvalue weighted by Gasteiger charge is 2.20. The number of nitrogens with zero attached hydrogens (tertiary/aromatic N) is 5. The van der Waals surface area contributed by atoms with E-state index < -0.39 is 5.91 Å². The Balaban J connectivity index is 1.45. The molecule has 0 radical (unpaired) electrons. The van der Waals surface area contributed by atoms with E-state index in [-0.39, 0.29) is 11.3 Å². The lowest BCUT2D eigenvalue weighted by Gasteiger charge is -2.34. The molecule has 4 rings (SSSR count). The molecule has 9 nitrogen and oxygen atoms in total. The Morgan fingerprint density at radius 2 is 1.96 bits per heavy atom. The number of aromatic amines is 1. The normalized spacial score (nSPS) is 15.3. The number of anilines is 1. The van der Waals surface area contributed by atoms with Crippen molar-refractivity contribution in [2.75, 3.05) is 31.1 Å². The number of carbonyl (C=O) groups is 1. The predicted octanol–water partition coefficient (Wildman–Crippen LogP) is 0.813. The van der Waals surface area contributed by atoms with E-state index in [0.29, 0.717) is 23.6 Å². The van der Waals surface area contributed by atoms with Crippen LogP contribution in [0.2, 0.25) is 0 Å². The molecule has 1 aliphatic heterocycles. The van der Waals surface area contributed by atoms with E-state index in [2.05, 4.69) is 29.7 Å². The summed E-state index contributed by atoms with van der Waals surface area (Å²) in [5, 5.41) is 0.698. The van der Waals surface area contributed by atoms with Gasteiger partial charge >= 0.3 is 0 Å². The van der Waals surface area contributed by atoms with E-state index in [9.17, 15) is 9.59 Å². The molecule has 1 amide bonds. The zero-order valence-corrected chi connectivity index (χ0v) is 16.5. The molecular weight excluding hydrogens is 378 g/mol. The number of hydrogen-bond acceptors (Lipinski definition) is 8. The number of primary amides is 1. The van der Waals surface area contributed by atoms with Crippen molar-refractivity contribution >= 4 is 33.3 Å². The second-order valence-electron chi connectivity index (χ2n) is 6.87. The molecule has 0 aliphatic carbocycles. The van der Waals surface area contributed by atoms with E-state index in [1.807, 2.05) is 13.8 Å². The van der Waals surface area contributed by atoms with Gasteiger partial charge in [-0.25, -0.2) is 9.97 Å². The number of H-pyrrole nitrogens is 1. The van der Waals surface area contributed by atoms with Crippen molar-refractivity contribution in [2.24, 2.45) is 5.73 Å². The Morgan fingerprint density at radius 3 is 2.68 bits per heavy atom. The Kier molecular flexibility index (Phi) is 4.82. The molecule has 4 heterocycles. The van der Waals surface area contributed by atoms with Crippen LogP contribution in [0.15, 0.2) is 17.2 Å². The first kappa shape index (κ1) is 18.5. The van der Waals surface area contributed by atoms with Gasteiger partial charge in [0, 0.05) is 31.1 Å². The molecule has 0 saturated carbocycles. The molecule has 1 aliphatic rings. The Hall–Kier alpha value is -2.85. The minimum Gasteiger partial charge on any atom is -0.364 e. The third-order valence-corrected chi connectivity index (χ3v) is 6.13. The highest BCUT2D eigenvalue weighted by molar-refractivity contribution is 7.18. The molecule has 3 aromatic heterocycles. The Morgan fingerprint density at radius 1 is 1.21 bits per heavy atom. The summed E-state index contributed by atoms with van der Waals surface area (Å²) in [6.45, 7) is 7.60. The average Bonchev–Trinajstić information content (AvgIpc) is 2.96. The maximum absolute atomic E-state index is 12.4. The molecule has 28 heavy (non-hydrogen) atoms. The van der Waals surface area contributed by atoms with Gasteiger partial charge in [-0.1, -0.05) is 0 Å². The van der Waals surface area contributed by atoms with Crippen LogP contribution < -0.4 is 16.2 Å². The van der Waals surface area contributed by atoms with Crippen LogP contribution in [0.5, 0.6) is 0 Å². The number of aryl methyl sites for hydroxylation is 2. The number of rotatable bonds is 4. The topological polar surface area (TPSA) is 121 Å². The standard InChI is InChI=1S/C18H21N7O2S/c1-10-11(2)28-18-15(10)17(27)22-13(23-18)9-24-3-5-25(6-4-24)14-8-20-7-12(21-14)16(19)26/h7-8H,3-6,9H2,1-2H3,(H2,19,26)(H,22,23,27). The van der Waals surface area contributed by atoms with Crippen molar-refractivity contribution in [3.8, 4) is 0 Å². The van der Waals surface area contributed by atoms with Crippen molar-refractivity contribution in [3.63, 3.8) is 0 Å². The van der Waals surface area contributed by atoms with Gasteiger partial charge < -0.3 is 15.6 Å². The van der Waals surface area contributed by atoms with Crippen molar-refractivity contribution in [1.82, 2.24) is 24.8 Å². The fraction of sp³-hybridized carbons (Fsp3) is 0.389. The highest BCUT2D eigenvalue weighted by Crippen LogP contribution is 2.25. The fourth-order valence-electron chi connectivity index (χ4n) is 3.35. The number of nitrogens with one attached hydrogen (secondary N) is 1. The zero-order chi connectivity index (χ0) is 19.8. The summed E-state index contributed by atoms with van der Waals surface area (Å²) in [4.78, 5) is 45.9. The number of nitrogens with two attached hydrogens (primary N) is 1. The van der Waals surface area contributed by atoms with Crippen molar-refractivity contribution in [1.29, 1.82) is 0 Å². The number of piperazine rings is 1. The van der Waals surface area contributed by atoms with Crippen molar-refractivity contribution < 1.29 is 4.79 Å². The minimum absolute atomic E-state index is 0.0703. The molecule has 3 aromatic rings. The number of amides is 1. The van der Waals surface area contributed by atoms with E-state index in [4.69, 9.17) is 5.73 Å². The largest absolute Gasteiger partial charge is 0.364 e. The first-order chi connectivity index (χ1) is 13.4. The number of carbonyl (C=O) groups excluding carboxylic acids is 1. The number of thiophene rings is 1. The quantitative estimate of drug-likeness (QED) is 0.666. The average molecular weight is 399 g/mol. The maximum Gasteiger partial charge on any atom is 0.268 e. The van der Waals surface area contributed by atoms with Gasteiger partial charge in [-0.2, -0.15) is 0 Å². The number of fused-ring (bicyclic) bond motifs is 1. The summed E-state index contributed by atoms with van der Waals surface area (Å²) in [5.41, 5.74) is 6.38. The summed E-state index contributed by atoms with van der Waals surface area (Å²) in [5.74, 6) is 0.744. The SMILES string of the molecule is Cc1sc2nc(CN3CCN(c4cncc(C(N)=O)n4)CC3)[nH]c(=O)c2c1C. The molecule has 146 valence electrons. The molecule has 0 spiro atoms. The Labute approximate surface area is 165 Å². The van der Waals surface area contributed by atoms with Gasteiger partial charge in [0.05, 0.1) is 24.3 Å². The summed E-state index contributed by atoms with van der Waals surface area (Å²) in [6.07, 6.45) is 3.00. The summed E-state index contributed by atoms with van der Waals surface area (Å²) >= 11 is 1.56. The lowest BCUT2D eigenvalue weighted by atomic mass is 10.2. The fourth-order valence-corrected chi connectivity index (χ4v) is 4.40. The van der Waals surface area contributed by atoms with E-state index in [1.165, 1.54) is 6.20 Å². The molecular formula is C18H21N7O2S. The third kappa shape index (κ3) is 3.48. The van der Waals surface area contributed by atoms with Crippen LogP contribution in [-0.2, 0) is 6.54 Å². The smallest absolute Gasteiger partial charge is 0.268 e. The van der Waals surface area contributed by atoms with Gasteiger partial charge in [-0.15, -0.1) is 11.3 Å². The zero-order valence-electron chi connectivity index (χ0n) is 15.7. The number of hydrogen-bond donors (Lipinski definition) is 2. The van der Waals surface area contributed by atoms with Crippen molar-refractivity contribution in [2.45, 2.75) is 20.4 Å². The molecule has 0 atom stereocenters. The molecule has 0 bridgehead atoms. The summed E-state index contributed by atoms with van der Waals surface area (Å²) < 4.78 is 0. The molecule has 3 N–H and O–H groups in total. The second kappa shape index (κ2) is 7.28. The maximum atomic E-state index is 12.4. The van der Waals surface area contributed by atoms with E-state index in [1.54, 1.807) is 17.5 Å². The van der Waals surface area contributed by atoms with Crippen LogP contribution in [0.3, 0.4) is 0 Å². The monoisotopic (exact) mass is 399 g/mol. The lowest BCUT2D eigenvalue weighted by molar-refractivity contribution is 0.0995. The van der Waals surface area contributed by atoms with Gasteiger partial charge in [-0.3, -0.25) is 19.5 Å². The van der Waals surface area contributed by atoms with E-state index >= 15 is 0 Å². The van der Waals surface area contributed by atoms with Gasteiger partial charge in [-0.05, 0) is 19.4 Å². The van der Waals surface area contributed by atoms with Crippen LogP contribution in [0, 0.1) is 13.8 Å². The first-order valence-electron chi connectivity index (χ1n) is 9.00. The molecule has 10 heteroatoms. The molecule has 1 fully saturated rings. The van der Waals surface area contributed by atoms with Crippen LogP contribution in [0.25, 0.3) is 10.2 Å². The minimum atomic E-state index is -0.586. The first-order valence-corrected chi connectivity index (χ1v) is 9.82. The van der Waals surface area contributed by atoms with Crippen molar-refractivity contribution in [3.05, 3.63) is 44.7 Å². The van der Waals surface area contributed by atoms with Crippen LogP contribution in [0.1, 0.15) is 26.8 Å². The molecule has 1 saturated heterocycles. The van der Waals surface area contributed by atoms with Crippen LogP contribution in [0.4, 0.5) is 5.82 Å². The third-order valence-electron chi connectivity index (χ3n) is 5.03. The van der Waals surface area contributed by atoms with Gasteiger partial charge in [0.15, 0.2) is 0 Å². The number of aromatic nitrogens is 4. The Bertz CT molecular complexity index is 1100. The van der Waals surface area contributed by atoms with Crippen LogP contribution >= 0.6 is 11.3 Å². The molecule has 0 aromatic carbocycles. The van der Waals surface area contributed by atoms with Gasteiger partial charge in [0.2, 0.25) is 0 Å². The van der Waals surface area contributed by atoms with E-state index in [0.717, 1.165) is 41.5 Å².